The van der Waals surface area contributed by atoms with E-state index in [2.05, 4.69) is 0 Å². The highest BCUT2D eigenvalue weighted by molar-refractivity contribution is 6.22. The largest absolute Gasteiger partial charge is 0.426 e. The maximum absolute atomic E-state index is 13.0. The average molecular weight is 473 g/mol. The summed E-state index contributed by atoms with van der Waals surface area (Å²) >= 11 is 0. The molecule has 2 heterocycles. The second-order valence-corrected chi connectivity index (χ2v) is 10.5. The molecule has 5 atom stereocenters. The summed E-state index contributed by atoms with van der Waals surface area (Å²) in [6.07, 6.45) is 3.18. The first-order valence-electron chi connectivity index (χ1n) is 12.4. The molecule has 0 radical (unpaired) electrons. The molecule has 0 unspecified atom stereocenters. The van der Waals surface area contributed by atoms with Crippen LogP contribution in [0.1, 0.15) is 36.8 Å². The lowest BCUT2D eigenvalue weighted by Crippen LogP contribution is -2.32. The minimum Gasteiger partial charge on any atom is -0.426 e. The Morgan fingerprint density at radius 3 is 2.09 bits per heavy atom. The number of rotatable bonds is 4. The molecule has 2 saturated carbocycles. The predicted octanol–water partition coefficient (Wildman–Crippen LogP) is 3.80. The Labute approximate surface area is 204 Å². The second kappa shape index (κ2) is 8.04. The summed E-state index contributed by atoms with van der Waals surface area (Å²) in [5, 5.41) is 0. The van der Waals surface area contributed by atoms with Crippen LogP contribution in [0.3, 0.4) is 0 Å². The van der Waals surface area contributed by atoms with Gasteiger partial charge in [-0.25, -0.2) is 0 Å². The van der Waals surface area contributed by atoms with Crippen molar-refractivity contribution in [1.29, 1.82) is 0 Å². The van der Waals surface area contributed by atoms with Crippen LogP contribution in [0.4, 0.5) is 11.4 Å². The van der Waals surface area contributed by atoms with Crippen molar-refractivity contribution < 1.29 is 23.9 Å². The van der Waals surface area contributed by atoms with E-state index in [1.807, 2.05) is 32.0 Å². The second-order valence-electron chi connectivity index (χ2n) is 10.5. The lowest BCUT2D eigenvalue weighted by atomic mass is 9.81. The first-order chi connectivity index (χ1) is 16.8. The molecule has 2 saturated heterocycles. The van der Waals surface area contributed by atoms with Crippen molar-refractivity contribution in [3.63, 3.8) is 0 Å². The van der Waals surface area contributed by atoms with Crippen LogP contribution in [0.15, 0.2) is 42.5 Å². The smallest absolute Gasteiger partial charge is 0.316 e. The Hall–Kier alpha value is -3.48. The fraction of sp³-hybridized carbons (Fsp3) is 0.429. The number of fused-ring (bicyclic) bond motifs is 5. The number of nitrogens with zero attached hydrogens (tertiary/aromatic N) is 2. The minimum atomic E-state index is -0.558. The summed E-state index contributed by atoms with van der Waals surface area (Å²) in [6, 6.07) is 12.4. The Balaban J connectivity index is 1.14. The highest BCUT2D eigenvalue weighted by Crippen LogP contribution is 2.56. The lowest BCUT2D eigenvalue weighted by Gasteiger charge is -2.21. The van der Waals surface area contributed by atoms with Gasteiger partial charge >= 0.3 is 5.97 Å². The predicted molar refractivity (Wildman–Crippen MR) is 129 cm³/mol. The van der Waals surface area contributed by atoms with Crippen LogP contribution in [-0.2, 0) is 19.2 Å². The quantitative estimate of drug-likeness (QED) is 0.384. The van der Waals surface area contributed by atoms with Crippen LogP contribution >= 0.6 is 0 Å². The standard InChI is InChI=1S/C28H28N2O5/c1-15-4-3-5-16(2)25(15)29-14-19(13-22(29)31)28(34)35-21-10-8-20(9-11-21)30-26(32)23-17-6-7-18(12-17)24(23)27(30)33/h3-5,8-11,17-19,23-24H,6-7,12-14H2,1-2H3/t17-,18-,19-,23-,24+/m0/s1. The SMILES string of the molecule is Cc1cccc(C)c1N1C[C@@H](C(=O)Oc2ccc(N3C(=O)[C@@H]4[C@H]5CC[C@@H](C5)[C@@H]4C3=O)cc2)CC1=O. The topological polar surface area (TPSA) is 84.0 Å². The molecule has 4 fully saturated rings. The molecule has 2 bridgehead atoms. The van der Waals surface area contributed by atoms with Crippen LogP contribution in [0.5, 0.6) is 5.75 Å². The van der Waals surface area contributed by atoms with Gasteiger partial charge in [0, 0.05) is 18.7 Å². The molecular weight excluding hydrogens is 444 g/mol. The third-order valence-corrected chi connectivity index (χ3v) is 8.41. The number of amides is 3. The van der Waals surface area contributed by atoms with E-state index >= 15 is 0 Å². The highest BCUT2D eigenvalue weighted by atomic mass is 16.5. The zero-order valence-electron chi connectivity index (χ0n) is 19.9. The molecule has 0 aromatic heterocycles. The van der Waals surface area contributed by atoms with Crippen molar-refractivity contribution in [3.8, 4) is 5.75 Å². The molecule has 2 aromatic carbocycles. The van der Waals surface area contributed by atoms with Crippen LogP contribution in [0.25, 0.3) is 0 Å². The van der Waals surface area contributed by atoms with Gasteiger partial charge in [-0.1, -0.05) is 18.2 Å². The van der Waals surface area contributed by atoms with E-state index < -0.39 is 11.9 Å². The maximum Gasteiger partial charge on any atom is 0.316 e. The van der Waals surface area contributed by atoms with Gasteiger partial charge in [0.2, 0.25) is 17.7 Å². The monoisotopic (exact) mass is 472 g/mol. The molecule has 3 amide bonds. The van der Waals surface area contributed by atoms with Crippen LogP contribution in [0, 0.1) is 43.4 Å². The summed E-state index contributed by atoms with van der Waals surface area (Å²) in [5.41, 5.74) is 3.36. The molecule has 2 aliphatic carbocycles. The van der Waals surface area contributed by atoms with Gasteiger partial charge in [0.25, 0.3) is 0 Å². The number of para-hydroxylation sites is 1. The zero-order chi connectivity index (χ0) is 24.4. The summed E-state index contributed by atoms with van der Waals surface area (Å²) in [6.45, 7) is 4.19. The minimum absolute atomic E-state index is 0.0898. The number of esters is 1. The highest BCUT2D eigenvalue weighted by Gasteiger charge is 2.61. The van der Waals surface area contributed by atoms with E-state index in [-0.39, 0.29) is 42.5 Å². The molecule has 2 aromatic rings. The number of carbonyl (C=O) groups is 4. The third kappa shape index (κ3) is 3.39. The Kier molecular flexibility index (Phi) is 5.06. The van der Waals surface area contributed by atoms with Crippen molar-refractivity contribution in [2.75, 3.05) is 16.3 Å². The fourth-order valence-corrected chi connectivity index (χ4v) is 6.84. The molecular formula is C28H28N2O5. The van der Waals surface area contributed by atoms with Crippen molar-refractivity contribution >= 4 is 35.1 Å². The van der Waals surface area contributed by atoms with Gasteiger partial charge in [0.1, 0.15) is 5.75 Å². The third-order valence-electron chi connectivity index (χ3n) is 8.41. The number of benzene rings is 2. The van der Waals surface area contributed by atoms with E-state index in [0.29, 0.717) is 23.3 Å². The summed E-state index contributed by atoms with van der Waals surface area (Å²) in [4.78, 5) is 54.6. The summed E-state index contributed by atoms with van der Waals surface area (Å²) in [5.74, 6) is -0.621. The van der Waals surface area contributed by atoms with Gasteiger partial charge in [-0.2, -0.15) is 0 Å². The molecule has 0 N–H and O–H groups in total. The maximum atomic E-state index is 13.0. The van der Waals surface area contributed by atoms with Gasteiger partial charge in [0.05, 0.1) is 23.4 Å². The average Bonchev–Trinajstić information content (AvgIpc) is 3.59. The first kappa shape index (κ1) is 22.0. The van der Waals surface area contributed by atoms with Gasteiger partial charge in [-0.3, -0.25) is 24.1 Å². The first-order valence-corrected chi connectivity index (χ1v) is 12.4. The number of anilines is 2. The summed E-state index contributed by atoms with van der Waals surface area (Å²) in [7, 11) is 0. The van der Waals surface area contributed by atoms with Gasteiger partial charge < -0.3 is 9.64 Å². The Morgan fingerprint density at radius 1 is 0.886 bits per heavy atom. The Bertz CT molecular complexity index is 1200. The molecule has 6 rings (SSSR count). The molecule has 2 aliphatic heterocycles. The van der Waals surface area contributed by atoms with E-state index in [9.17, 15) is 19.2 Å². The van der Waals surface area contributed by atoms with Crippen molar-refractivity contribution in [3.05, 3.63) is 53.6 Å². The molecule has 0 spiro atoms. The summed E-state index contributed by atoms with van der Waals surface area (Å²) < 4.78 is 5.58. The van der Waals surface area contributed by atoms with Crippen LogP contribution in [-0.4, -0.2) is 30.2 Å². The van der Waals surface area contributed by atoms with Crippen molar-refractivity contribution in [1.82, 2.24) is 0 Å². The van der Waals surface area contributed by atoms with Crippen LogP contribution in [0.2, 0.25) is 0 Å². The fourth-order valence-electron chi connectivity index (χ4n) is 6.84. The molecule has 7 nitrogen and oxygen atoms in total. The number of carbonyl (C=O) groups excluding carboxylic acids is 4. The van der Waals surface area contributed by atoms with E-state index in [0.717, 1.165) is 36.1 Å². The number of aryl methyl sites for hydroxylation is 2. The van der Waals surface area contributed by atoms with Gasteiger partial charge in [-0.05, 0) is 80.3 Å². The van der Waals surface area contributed by atoms with Gasteiger partial charge in [-0.15, -0.1) is 0 Å². The van der Waals surface area contributed by atoms with Crippen LogP contribution < -0.4 is 14.5 Å². The van der Waals surface area contributed by atoms with E-state index in [1.54, 1.807) is 29.2 Å². The molecule has 35 heavy (non-hydrogen) atoms. The van der Waals surface area contributed by atoms with Crippen molar-refractivity contribution in [2.24, 2.45) is 29.6 Å². The number of hydrogen-bond donors (Lipinski definition) is 0. The van der Waals surface area contributed by atoms with Gasteiger partial charge in [0.15, 0.2) is 0 Å². The zero-order valence-corrected chi connectivity index (χ0v) is 19.9. The molecule has 4 aliphatic rings. The molecule has 7 heteroatoms. The van der Waals surface area contributed by atoms with E-state index in [1.165, 1.54) is 4.90 Å². The number of hydrogen-bond acceptors (Lipinski definition) is 5. The van der Waals surface area contributed by atoms with Crippen molar-refractivity contribution in [2.45, 2.75) is 39.5 Å². The van der Waals surface area contributed by atoms with E-state index in [4.69, 9.17) is 4.74 Å². The normalized spacial score (nSPS) is 29.3. The number of imide groups is 1. The lowest BCUT2D eigenvalue weighted by molar-refractivity contribution is -0.139. The number of ether oxygens (including phenoxy) is 1. The molecule has 180 valence electrons. The Morgan fingerprint density at radius 2 is 1.49 bits per heavy atom.